The van der Waals surface area contributed by atoms with Crippen LogP contribution in [0.3, 0.4) is 0 Å². The highest BCUT2D eigenvalue weighted by molar-refractivity contribution is 7.10. The van der Waals surface area contributed by atoms with Gasteiger partial charge in [0.15, 0.2) is 0 Å². The maximum Gasteiger partial charge on any atom is 0.224 e. The summed E-state index contributed by atoms with van der Waals surface area (Å²) in [6.07, 6.45) is 2.24. The summed E-state index contributed by atoms with van der Waals surface area (Å²) in [5.74, 6) is 0.668. The summed E-state index contributed by atoms with van der Waals surface area (Å²) in [6, 6.07) is 4.44. The third-order valence-electron chi connectivity index (χ3n) is 4.67. The molecule has 1 aliphatic carbocycles. The Bertz CT molecular complexity index is 541. The van der Waals surface area contributed by atoms with E-state index in [2.05, 4.69) is 75.6 Å². The molecule has 3 atom stereocenters. The van der Waals surface area contributed by atoms with Crippen LogP contribution in [0.15, 0.2) is 29.2 Å². The van der Waals surface area contributed by atoms with Gasteiger partial charge in [0.25, 0.3) is 0 Å². The third kappa shape index (κ3) is 3.61. The zero-order valence-corrected chi connectivity index (χ0v) is 15.3. The van der Waals surface area contributed by atoms with Crippen molar-refractivity contribution in [3.63, 3.8) is 0 Å². The van der Waals surface area contributed by atoms with Crippen molar-refractivity contribution in [2.24, 2.45) is 17.3 Å². The van der Waals surface area contributed by atoms with Crippen LogP contribution in [0, 0.1) is 17.3 Å². The van der Waals surface area contributed by atoms with Crippen molar-refractivity contribution >= 4 is 17.2 Å². The first-order chi connectivity index (χ1) is 10.2. The number of allylic oxidation sites excluding steroid dienone is 2. The first kappa shape index (κ1) is 17.2. The Labute approximate surface area is 138 Å². The number of hydrogen-bond acceptors (Lipinski definition) is 3. The molecule has 0 bridgehead atoms. The Hall–Kier alpha value is -1.13. The number of amides is 1. The van der Waals surface area contributed by atoms with Gasteiger partial charge in [-0.25, -0.2) is 0 Å². The lowest BCUT2D eigenvalue weighted by Crippen LogP contribution is -2.35. The minimum Gasteiger partial charge on any atom is -0.354 e. The Kier molecular flexibility index (Phi) is 5.13. The Morgan fingerprint density at radius 1 is 1.45 bits per heavy atom. The molecule has 1 heterocycles. The van der Waals surface area contributed by atoms with Gasteiger partial charge in [0.2, 0.25) is 5.91 Å². The summed E-state index contributed by atoms with van der Waals surface area (Å²) >= 11 is 1.74. The molecule has 1 fully saturated rings. The fourth-order valence-electron chi connectivity index (χ4n) is 3.17. The highest BCUT2D eigenvalue weighted by Crippen LogP contribution is 2.59. The number of nitrogens with zero attached hydrogens (tertiary/aromatic N) is 1. The largest absolute Gasteiger partial charge is 0.354 e. The van der Waals surface area contributed by atoms with Gasteiger partial charge in [0.1, 0.15) is 0 Å². The maximum absolute atomic E-state index is 12.6. The van der Waals surface area contributed by atoms with Gasteiger partial charge in [0, 0.05) is 11.4 Å². The number of carbonyl (C=O) groups excluding carboxylic acids is 1. The van der Waals surface area contributed by atoms with Crippen LogP contribution in [0.1, 0.15) is 38.6 Å². The zero-order chi connectivity index (χ0) is 16.5. The average Bonchev–Trinajstić information content (AvgIpc) is 2.81. The second kappa shape index (κ2) is 6.55. The van der Waals surface area contributed by atoms with Crippen LogP contribution >= 0.6 is 11.3 Å². The van der Waals surface area contributed by atoms with Gasteiger partial charge >= 0.3 is 0 Å². The summed E-state index contributed by atoms with van der Waals surface area (Å²) in [5.41, 5.74) is 1.37. The van der Waals surface area contributed by atoms with Crippen LogP contribution in [0.5, 0.6) is 0 Å². The van der Waals surface area contributed by atoms with E-state index < -0.39 is 0 Å². The van der Waals surface area contributed by atoms with Gasteiger partial charge < -0.3 is 10.2 Å². The minimum absolute atomic E-state index is 0.0812. The molecule has 1 N–H and O–H groups in total. The fraction of sp³-hybridized carbons (Fsp3) is 0.611. The molecule has 0 aliphatic heterocycles. The number of hydrogen-bond donors (Lipinski definition) is 1. The molecule has 0 radical (unpaired) electrons. The smallest absolute Gasteiger partial charge is 0.224 e. The minimum atomic E-state index is 0.0812. The van der Waals surface area contributed by atoms with E-state index in [-0.39, 0.29) is 23.3 Å². The van der Waals surface area contributed by atoms with E-state index >= 15 is 0 Å². The zero-order valence-electron chi connectivity index (χ0n) is 14.5. The molecular weight excluding hydrogens is 292 g/mol. The van der Waals surface area contributed by atoms with Gasteiger partial charge in [-0.1, -0.05) is 31.6 Å². The van der Waals surface area contributed by atoms with Crippen LogP contribution < -0.4 is 5.32 Å². The summed E-state index contributed by atoms with van der Waals surface area (Å²) in [6.45, 7) is 9.24. The second-order valence-corrected chi connectivity index (χ2v) is 8.29. The molecule has 1 aromatic heterocycles. The number of rotatable bonds is 6. The molecule has 1 saturated carbocycles. The number of carbonyl (C=O) groups is 1. The summed E-state index contributed by atoms with van der Waals surface area (Å²) in [4.78, 5) is 16.0. The lowest BCUT2D eigenvalue weighted by molar-refractivity contribution is -0.123. The fourth-order valence-corrected chi connectivity index (χ4v) is 4.10. The normalized spacial score (nSPS) is 24.0. The van der Waals surface area contributed by atoms with Gasteiger partial charge in [-0.15, -0.1) is 11.3 Å². The Balaban J connectivity index is 1.97. The van der Waals surface area contributed by atoms with Crippen molar-refractivity contribution in [3.05, 3.63) is 34.0 Å². The van der Waals surface area contributed by atoms with Crippen LogP contribution in [-0.4, -0.2) is 31.4 Å². The predicted molar refractivity (Wildman–Crippen MR) is 93.9 cm³/mol. The van der Waals surface area contributed by atoms with E-state index in [0.29, 0.717) is 12.5 Å². The molecule has 0 aromatic carbocycles. The van der Waals surface area contributed by atoms with E-state index in [0.717, 1.165) is 0 Å². The topological polar surface area (TPSA) is 32.3 Å². The average molecular weight is 321 g/mol. The van der Waals surface area contributed by atoms with Crippen molar-refractivity contribution in [1.82, 2.24) is 10.2 Å². The highest BCUT2D eigenvalue weighted by atomic mass is 32.1. The summed E-state index contributed by atoms with van der Waals surface area (Å²) in [7, 11) is 4.12. The number of nitrogens with one attached hydrogen (secondary N) is 1. The molecule has 122 valence electrons. The van der Waals surface area contributed by atoms with Crippen molar-refractivity contribution in [2.45, 2.75) is 33.7 Å². The molecule has 1 aliphatic rings. The molecule has 22 heavy (non-hydrogen) atoms. The molecule has 1 aromatic rings. The van der Waals surface area contributed by atoms with Crippen LogP contribution in [0.25, 0.3) is 0 Å². The van der Waals surface area contributed by atoms with Gasteiger partial charge in [-0.3, -0.25) is 4.79 Å². The maximum atomic E-state index is 12.6. The monoisotopic (exact) mass is 320 g/mol. The molecule has 0 saturated heterocycles. The summed E-state index contributed by atoms with van der Waals surface area (Å²) < 4.78 is 0. The molecule has 3 nitrogen and oxygen atoms in total. The van der Waals surface area contributed by atoms with Crippen LogP contribution in [0.4, 0.5) is 0 Å². The first-order valence-corrected chi connectivity index (χ1v) is 8.75. The molecule has 0 spiro atoms. The molecule has 4 heteroatoms. The van der Waals surface area contributed by atoms with Crippen LogP contribution in [-0.2, 0) is 4.79 Å². The third-order valence-corrected chi connectivity index (χ3v) is 5.64. The lowest BCUT2D eigenvalue weighted by atomic mass is 10.1. The van der Waals surface area contributed by atoms with Gasteiger partial charge in [-0.2, -0.15) is 0 Å². The first-order valence-electron chi connectivity index (χ1n) is 7.87. The van der Waals surface area contributed by atoms with Crippen LogP contribution in [0.2, 0.25) is 0 Å². The molecule has 3 unspecified atom stereocenters. The van der Waals surface area contributed by atoms with Gasteiger partial charge in [0.05, 0.1) is 12.0 Å². The predicted octanol–water partition coefficient (Wildman–Crippen LogP) is 3.71. The van der Waals surface area contributed by atoms with Gasteiger partial charge in [-0.05, 0) is 50.7 Å². The van der Waals surface area contributed by atoms with Crippen molar-refractivity contribution in [2.75, 3.05) is 20.6 Å². The quantitative estimate of drug-likeness (QED) is 0.811. The number of thiophene rings is 1. The van der Waals surface area contributed by atoms with E-state index in [1.165, 1.54) is 10.5 Å². The van der Waals surface area contributed by atoms with Crippen molar-refractivity contribution < 1.29 is 4.79 Å². The Morgan fingerprint density at radius 3 is 2.64 bits per heavy atom. The van der Waals surface area contributed by atoms with E-state index in [4.69, 9.17) is 0 Å². The Morgan fingerprint density at radius 2 is 2.14 bits per heavy atom. The molecular formula is C18H28N2OS. The summed E-state index contributed by atoms with van der Waals surface area (Å²) in [5, 5.41) is 5.26. The molecule has 2 rings (SSSR count). The van der Waals surface area contributed by atoms with Crippen molar-refractivity contribution in [1.29, 1.82) is 0 Å². The number of likely N-dealkylation sites (N-methyl/N-ethyl adjacent to an activating group) is 1. The van der Waals surface area contributed by atoms with E-state index in [9.17, 15) is 4.79 Å². The SMILES string of the molecule is CC(C)=CC1C(C(=O)NCC(c2cccs2)N(C)C)C1(C)C. The lowest BCUT2D eigenvalue weighted by Gasteiger charge is -2.23. The highest BCUT2D eigenvalue weighted by Gasteiger charge is 2.60. The van der Waals surface area contributed by atoms with E-state index in [1.807, 2.05) is 0 Å². The molecule has 1 amide bonds. The second-order valence-electron chi connectivity index (χ2n) is 7.31. The van der Waals surface area contributed by atoms with E-state index in [1.54, 1.807) is 11.3 Å². The standard InChI is InChI=1S/C18H28N2OS/c1-12(2)10-13-16(18(13,3)4)17(21)19-11-14(20(5)6)15-8-7-9-22-15/h7-10,13-14,16H,11H2,1-6H3,(H,19,21). The van der Waals surface area contributed by atoms with Crippen molar-refractivity contribution in [3.8, 4) is 0 Å².